The normalized spacial score (nSPS) is 19.2. The minimum Gasteiger partial charge on any atom is -0.392 e. The minimum absolute atomic E-state index is 0.223. The summed E-state index contributed by atoms with van der Waals surface area (Å²) in [6.45, 7) is 1.51. The van der Waals surface area contributed by atoms with Crippen molar-refractivity contribution in [3.8, 4) is 0 Å². The minimum atomic E-state index is -0.297. The van der Waals surface area contributed by atoms with Gasteiger partial charge in [-0.3, -0.25) is 0 Å². The molecule has 0 bridgehead atoms. The second kappa shape index (κ2) is 6.38. The molecule has 1 aromatic rings. The predicted molar refractivity (Wildman–Crippen MR) is 66.7 cm³/mol. The SMILES string of the molecule is OC(CSc1ccc(F)cc1)C1CCOCC1. The van der Waals surface area contributed by atoms with Crippen LogP contribution >= 0.6 is 11.8 Å². The van der Waals surface area contributed by atoms with E-state index in [1.807, 2.05) is 0 Å². The molecule has 1 saturated heterocycles. The standard InChI is InChI=1S/C13H17FO2S/c14-11-1-3-12(4-2-11)17-9-13(15)10-5-7-16-8-6-10/h1-4,10,13,15H,5-9H2. The maximum atomic E-state index is 12.7. The lowest BCUT2D eigenvalue weighted by Crippen LogP contribution is -2.28. The third-order valence-electron chi connectivity index (χ3n) is 3.04. The molecule has 0 aliphatic carbocycles. The van der Waals surface area contributed by atoms with Crippen molar-refractivity contribution in [3.63, 3.8) is 0 Å². The van der Waals surface area contributed by atoms with Gasteiger partial charge < -0.3 is 9.84 Å². The number of halogens is 1. The van der Waals surface area contributed by atoms with Crippen LogP contribution in [-0.2, 0) is 4.74 Å². The van der Waals surface area contributed by atoms with Crippen LogP contribution in [0.4, 0.5) is 4.39 Å². The number of rotatable bonds is 4. The summed E-state index contributed by atoms with van der Waals surface area (Å²) in [6.07, 6.45) is 1.57. The summed E-state index contributed by atoms with van der Waals surface area (Å²) >= 11 is 1.57. The molecule has 0 saturated carbocycles. The highest BCUT2D eigenvalue weighted by Crippen LogP contribution is 2.25. The fraction of sp³-hybridized carbons (Fsp3) is 0.538. The molecule has 0 spiro atoms. The van der Waals surface area contributed by atoms with E-state index in [4.69, 9.17) is 4.74 Å². The van der Waals surface area contributed by atoms with Crippen LogP contribution in [-0.4, -0.2) is 30.2 Å². The molecule has 1 fully saturated rings. The number of hydrogen-bond donors (Lipinski definition) is 1. The molecule has 2 nitrogen and oxygen atoms in total. The lowest BCUT2D eigenvalue weighted by molar-refractivity contribution is 0.0169. The van der Waals surface area contributed by atoms with Crippen molar-refractivity contribution in [2.75, 3.05) is 19.0 Å². The Morgan fingerprint density at radius 3 is 2.59 bits per heavy atom. The second-order valence-electron chi connectivity index (χ2n) is 4.28. The van der Waals surface area contributed by atoms with Gasteiger partial charge in [0.1, 0.15) is 5.82 Å². The molecule has 94 valence electrons. The van der Waals surface area contributed by atoms with Gasteiger partial charge in [-0.05, 0) is 43.0 Å². The third-order valence-corrected chi connectivity index (χ3v) is 4.16. The molecular weight excluding hydrogens is 239 g/mol. The number of aliphatic hydroxyl groups excluding tert-OH is 1. The van der Waals surface area contributed by atoms with Crippen molar-refractivity contribution < 1.29 is 14.2 Å². The number of hydrogen-bond acceptors (Lipinski definition) is 3. The van der Waals surface area contributed by atoms with Crippen molar-refractivity contribution in [3.05, 3.63) is 30.1 Å². The van der Waals surface area contributed by atoms with Crippen molar-refractivity contribution in [1.82, 2.24) is 0 Å². The summed E-state index contributed by atoms with van der Waals surface area (Å²) in [6, 6.07) is 6.39. The van der Waals surface area contributed by atoms with E-state index in [2.05, 4.69) is 0 Å². The maximum Gasteiger partial charge on any atom is 0.123 e. The van der Waals surface area contributed by atoms with Gasteiger partial charge in [-0.2, -0.15) is 0 Å². The smallest absolute Gasteiger partial charge is 0.123 e. The lowest BCUT2D eigenvalue weighted by atomic mass is 9.95. The fourth-order valence-electron chi connectivity index (χ4n) is 1.95. The Kier molecular flexibility index (Phi) is 4.83. The summed E-state index contributed by atoms with van der Waals surface area (Å²) in [7, 11) is 0. The van der Waals surface area contributed by atoms with E-state index < -0.39 is 0 Å². The van der Waals surface area contributed by atoms with Crippen LogP contribution in [0.1, 0.15) is 12.8 Å². The summed E-state index contributed by atoms with van der Waals surface area (Å²) in [4.78, 5) is 0.998. The summed E-state index contributed by atoms with van der Waals surface area (Å²) in [5, 5.41) is 10.0. The number of aliphatic hydroxyl groups is 1. The maximum absolute atomic E-state index is 12.7. The molecule has 1 atom stereocenters. The van der Waals surface area contributed by atoms with Gasteiger partial charge in [0.2, 0.25) is 0 Å². The molecule has 1 aliphatic heterocycles. The molecule has 1 heterocycles. The summed E-state index contributed by atoms with van der Waals surface area (Å²) in [5.74, 6) is 0.784. The molecule has 4 heteroatoms. The highest BCUT2D eigenvalue weighted by molar-refractivity contribution is 7.99. The van der Waals surface area contributed by atoms with Gasteiger partial charge in [0.15, 0.2) is 0 Å². The Bertz CT molecular complexity index is 336. The zero-order valence-electron chi connectivity index (χ0n) is 9.64. The Balaban J connectivity index is 1.78. The van der Waals surface area contributed by atoms with Crippen LogP contribution in [0.25, 0.3) is 0 Å². The van der Waals surface area contributed by atoms with Crippen LogP contribution in [0.3, 0.4) is 0 Å². The second-order valence-corrected chi connectivity index (χ2v) is 5.38. The van der Waals surface area contributed by atoms with Gasteiger partial charge >= 0.3 is 0 Å². The molecular formula is C13H17FO2S. The molecule has 1 aliphatic rings. The number of thioether (sulfide) groups is 1. The zero-order valence-corrected chi connectivity index (χ0v) is 10.5. The van der Waals surface area contributed by atoms with Crippen molar-refractivity contribution in [1.29, 1.82) is 0 Å². The fourth-order valence-corrected chi connectivity index (χ4v) is 2.91. The molecule has 1 N–H and O–H groups in total. The lowest BCUT2D eigenvalue weighted by Gasteiger charge is -2.26. The molecule has 17 heavy (non-hydrogen) atoms. The van der Waals surface area contributed by atoms with E-state index in [0.717, 1.165) is 31.0 Å². The highest BCUT2D eigenvalue weighted by Gasteiger charge is 2.21. The van der Waals surface area contributed by atoms with E-state index in [0.29, 0.717) is 11.7 Å². The topological polar surface area (TPSA) is 29.5 Å². The van der Waals surface area contributed by atoms with Crippen molar-refractivity contribution in [2.24, 2.45) is 5.92 Å². The Labute approximate surface area is 105 Å². The van der Waals surface area contributed by atoms with E-state index in [-0.39, 0.29) is 11.9 Å². The van der Waals surface area contributed by atoms with Crippen molar-refractivity contribution >= 4 is 11.8 Å². The van der Waals surface area contributed by atoms with Gasteiger partial charge in [-0.1, -0.05) is 0 Å². The van der Waals surface area contributed by atoms with Gasteiger partial charge in [0, 0.05) is 23.9 Å². The van der Waals surface area contributed by atoms with Crippen molar-refractivity contribution in [2.45, 2.75) is 23.8 Å². The van der Waals surface area contributed by atoms with E-state index in [9.17, 15) is 9.50 Å². The van der Waals surface area contributed by atoms with Gasteiger partial charge in [-0.15, -0.1) is 11.8 Å². The van der Waals surface area contributed by atoms with Crippen LogP contribution in [0, 0.1) is 11.7 Å². The van der Waals surface area contributed by atoms with Crippen LogP contribution < -0.4 is 0 Å². The third kappa shape index (κ3) is 3.98. The van der Waals surface area contributed by atoms with E-state index >= 15 is 0 Å². The Morgan fingerprint density at radius 2 is 1.94 bits per heavy atom. The first kappa shape index (κ1) is 12.9. The number of ether oxygens (including phenoxy) is 1. The molecule has 0 amide bonds. The van der Waals surface area contributed by atoms with Crippen LogP contribution in [0.5, 0.6) is 0 Å². The highest BCUT2D eigenvalue weighted by atomic mass is 32.2. The Hall–Kier alpha value is -0.580. The first-order valence-corrected chi connectivity index (χ1v) is 6.88. The zero-order chi connectivity index (χ0) is 12.1. The van der Waals surface area contributed by atoms with Crippen LogP contribution in [0.15, 0.2) is 29.2 Å². The quantitative estimate of drug-likeness (QED) is 0.840. The predicted octanol–water partition coefficient (Wildman–Crippen LogP) is 2.71. The first-order valence-electron chi connectivity index (χ1n) is 5.90. The molecule has 0 aromatic heterocycles. The molecule has 2 rings (SSSR count). The van der Waals surface area contributed by atoms with Gasteiger partial charge in [0.25, 0.3) is 0 Å². The first-order chi connectivity index (χ1) is 8.25. The Morgan fingerprint density at radius 1 is 1.29 bits per heavy atom. The van der Waals surface area contributed by atoms with Crippen LogP contribution in [0.2, 0.25) is 0 Å². The number of benzene rings is 1. The molecule has 1 aromatic carbocycles. The van der Waals surface area contributed by atoms with E-state index in [1.165, 1.54) is 12.1 Å². The largest absolute Gasteiger partial charge is 0.392 e. The molecule has 1 unspecified atom stereocenters. The monoisotopic (exact) mass is 256 g/mol. The average Bonchev–Trinajstić information content (AvgIpc) is 2.39. The summed E-state index contributed by atoms with van der Waals surface area (Å²) in [5.41, 5.74) is 0. The van der Waals surface area contributed by atoms with Gasteiger partial charge in [0.05, 0.1) is 6.10 Å². The van der Waals surface area contributed by atoms with Gasteiger partial charge in [-0.25, -0.2) is 4.39 Å². The average molecular weight is 256 g/mol. The summed E-state index contributed by atoms with van der Waals surface area (Å²) < 4.78 is 18.0. The molecule has 0 radical (unpaired) electrons. The van der Waals surface area contributed by atoms with E-state index in [1.54, 1.807) is 23.9 Å².